The Hall–Kier alpha value is -0.780. The monoisotopic (exact) mass is 400 g/mol. The third-order valence-corrected chi connectivity index (χ3v) is 6.61. The van der Waals surface area contributed by atoms with Gasteiger partial charge in [0.25, 0.3) is 0 Å². The van der Waals surface area contributed by atoms with Crippen LogP contribution in [-0.2, 0) is 19.3 Å². The van der Waals surface area contributed by atoms with Crippen LogP contribution < -0.4 is 0 Å². The Balaban J connectivity index is 2.51. The number of rotatable bonds is 18. The van der Waals surface area contributed by atoms with Crippen molar-refractivity contribution in [2.45, 2.75) is 150 Å². The van der Waals surface area contributed by atoms with Crippen LogP contribution in [0.2, 0.25) is 0 Å². The Kier molecular flexibility index (Phi) is 15.4. The van der Waals surface area contributed by atoms with Gasteiger partial charge in [0.05, 0.1) is 0 Å². The van der Waals surface area contributed by atoms with E-state index in [0.29, 0.717) is 0 Å². The van der Waals surface area contributed by atoms with E-state index in [4.69, 9.17) is 0 Å². The van der Waals surface area contributed by atoms with Gasteiger partial charge in [0.15, 0.2) is 0 Å². The summed E-state index contributed by atoms with van der Waals surface area (Å²) in [6.07, 6.45) is 23.3. The van der Waals surface area contributed by atoms with E-state index in [0.717, 1.165) is 5.92 Å². The second-order valence-corrected chi connectivity index (χ2v) is 9.39. The topological polar surface area (TPSA) is 0 Å². The van der Waals surface area contributed by atoms with E-state index in [-0.39, 0.29) is 0 Å². The zero-order chi connectivity index (χ0) is 21.3. The molecule has 0 aliphatic heterocycles. The predicted molar refractivity (Wildman–Crippen MR) is 133 cm³/mol. The molecule has 0 bridgehead atoms. The molecule has 29 heavy (non-hydrogen) atoms. The van der Waals surface area contributed by atoms with E-state index >= 15 is 0 Å². The van der Waals surface area contributed by atoms with Crippen LogP contribution in [0.15, 0.2) is 12.1 Å². The van der Waals surface area contributed by atoms with Gasteiger partial charge in [-0.3, -0.25) is 0 Å². The Morgan fingerprint density at radius 2 is 1.07 bits per heavy atom. The van der Waals surface area contributed by atoms with Crippen LogP contribution in [0.5, 0.6) is 0 Å². The fourth-order valence-electron chi connectivity index (χ4n) is 4.92. The zero-order valence-electron chi connectivity index (χ0n) is 20.8. The van der Waals surface area contributed by atoms with E-state index in [1.54, 1.807) is 22.3 Å². The van der Waals surface area contributed by atoms with E-state index in [1.165, 1.54) is 109 Å². The minimum absolute atomic E-state index is 0.719. The first-order valence-corrected chi connectivity index (χ1v) is 13.3. The standard InChI is InChI=1S/C29H52/c1-6-10-11-12-13-14-15-16-17-18-22-25(5)27-24-23-26(19-7-2)28(20-8-3)29(27)21-9-4/h23-25H,6-22H2,1-5H3. The summed E-state index contributed by atoms with van der Waals surface area (Å²) in [7, 11) is 0. The summed E-state index contributed by atoms with van der Waals surface area (Å²) < 4.78 is 0. The maximum Gasteiger partial charge on any atom is -0.0188 e. The Morgan fingerprint density at radius 3 is 1.62 bits per heavy atom. The van der Waals surface area contributed by atoms with Gasteiger partial charge in [-0.05, 0) is 53.9 Å². The van der Waals surface area contributed by atoms with Gasteiger partial charge in [0.2, 0.25) is 0 Å². The van der Waals surface area contributed by atoms with Crippen LogP contribution in [0, 0.1) is 0 Å². The molecule has 0 amide bonds. The van der Waals surface area contributed by atoms with Crippen molar-refractivity contribution in [3.63, 3.8) is 0 Å². The molecule has 1 aromatic rings. The first kappa shape index (κ1) is 26.3. The van der Waals surface area contributed by atoms with Crippen molar-refractivity contribution in [2.75, 3.05) is 0 Å². The minimum atomic E-state index is 0.719. The van der Waals surface area contributed by atoms with Gasteiger partial charge in [-0.25, -0.2) is 0 Å². The van der Waals surface area contributed by atoms with Crippen LogP contribution in [0.1, 0.15) is 153 Å². The van der Waals surface area contributed by atoms with Gasteiger partial charge in [0, 0.05) is 0 Å². The number of aryl methyl sites for hydroxylation is 1. The van der Waals surface area contributed by atoms with Crippen LogP contribution in [0.25, 0.3) is 0 Å². The lowest BCUT2D eigenvalue weighted by atomic mass is 9.83. The largest absolute Gasteiger partial charge is 0.0654 e. The molecule has 0 spiro atoms. The molecule has 0 N–H and O–H groups in total. The average Bonchev–Trinajstić information content (AvgIpc) is 2.72. The number of unbranched alkanes of at least 4 members (excludes halogenated alkanes) is 9. The van der Waals surface area contributed by atoms with Gasteiger partial charge >= 0.3 is 0 Å². The molecule has 0 heterocycles. The molecule has 0 saturated carbocycles. The second kappa shape index (κ2) is 17.0. The SMILES string of the molecule is CCCCCCCCCCCCC(C)c1ccc(CCC)c(CCC)c1CCC. The zero-order valence-corrected chi connectivity index (χ0v) is 20.8. The molecular formula is C29H52. The molecule has 168 valence electrons. The van der Waals surface area contributed by atoms with Crippen molar-refractivity contribution in [3.8, 4) is 0 Å². The Labute approximate surface area is 184 Å². The van der Waals surface area contributed by atoms with Crippen LogP contribution in [0.3, 0.4) is 0 Å². The first-order chi connectivity index (χ1) is 14.2. The second-order valence-electron chi connectivity index (χ2n) is 9.39. The van der Waals surface area contributed by atoms with Crippen LogP contribution in [0.4, 0.5) is 0 Å². The predicted octanol–water partition coefficient (Wildman–Crippen LogP) is 9.96. The quantitative estimate of drug-likeness (QED) is 0.215. The van der Waals surface area contributed by atoms with Crippen molar-refractivity contribution >= 4 is 0 Å². The smallest absolute Gasteiger partial charge is 0.0188 e. The maximum absolute atomic E-state index is 2.50. The lowest BCUT2D eigenvalue weighted by Crippen LogP contribution is -2.07. The Bertz CT molecular complexity index is 513. The molecule has 0 aromatic heterocycles. The highest BCUT2D eigenvalue weighted by Gasteiger charge is 2.16. The van der Waals surface area contributed by atoms with Gasteiger partial charge in [-0.2, -0.15) is 0 Å². The van der Waals surface area contributed by atoms with E-state index < -0.39 is 0 Å². The van der Waals surface area contributed by atoms with Gasteiger partial charge < -0.3 is 0 Å². The molecule has 1 aromatic carbocycles. The molecule has 0 fully saturated rings. The summed E-state index contributed by atoms with van der Waals surface area (Å²) in [5.41, 5.74) is 6.74. The van der Waals surface area contributed by atoms with Crippen molar-refractivity contribution in [3.05, 3.63) is 34.4 Å². The molecular weight excluding hydrogens is 348 g/mol. The maximum atomic E-state index is 2.50. The summed E-state index contributed by atoms with van der Waals surface area (Å²) in [5, 5.41) is 0. The molecule has 1 rings (SSSR count). The van der Waals surface area contributed by atoms with Crippen molar-refractivity contribution < 1.29 is 0 Å². The van der Waals surface area contributed by atoms with Crippen molar-refractivity contribution in [2.24, 2.45) is 0 Å². The van der Waals surface area contributed by atoms with Gasteiger partial charge in [-0.1, -0.05) is 130 Å². The lowest BCUT2D eigenvalue weighted by Gasteiger charge is -2.22. The molecule has 0 nitrogen and oxygen atoms in total. The summed E-state index contributed by atoms with van der Waals surface area (Å²) in [6.45, 7) is 11.8. The molecule has 0 saturated heterocycles. The summed E-state index contributed by atoms with van der Waals surface area (Å²) in [4.78, 5) is 0. The van der Waals surface area contributed by atoms with Crippen molar-refractivity contribution in [1.82, 2.24) is 0 Å². The van der Waals surface area contributed by atoms with Gasteiger partial charge in [-0.15, -0.1) is 0 Å². The van der Waals surface area contributed by atoms with E-state index in [2.05, 4.69) is 46.8 Å². The summed E-state index contributed by atoms with van der Waals surface area (Å²) in [5.74, 6) is 0.719. The highest BCUT2D eigenvalue weighted by molar-refractivity contribution is 5.43. The van der Waals surface area contributed by atoms with Crippen molar-refractivity contribution in [1.29, 1.82) is 0 Å². The molecule has 0 heteroatoms. The van der Waals surface area contributed by atoms with Crippen LogP contribution >= 0.6 is 0 Å². The fraction of sp³-hybridized carbons (Fsp3) is 0.793. The van der Waals surface area contributed by atoms with Gasteiger partial charge in [0.1, 0.15) is 0 Å². The number of hydrogen-bond donors (Lipinski definition) is 0. The summed E-state index contributed by atoms with van der Waals surface area (Å²) in [6, 6.07) is 4.97. The molecule has 0 aliphatic carbocycles. The lowest BCUT2D eigenvalue weighted by molar-refractivity contribution is 0.533. The van der Waals surface area contributed by atoms with E-state index in [9.17, 15) is 0 Å². The average molecular weight is 401 g/mol. The number of benzene rings is 1. The van der Waals surface area contributed by atoms with Crippen LogP contribution in [-0.4, -0.2) is 0 Å². The highest BCUT2D eigenvalue weighted by atomic mass is 14.2. The summed E-state index contributed by atoms with van der Waals surface area (Å²) >= 11 is 0. The third kappa shape index (κ3) is 10.2. The molecule has 0 radical (unpaired) electrons. The minimum Gasteiger partial charge on any atom is -0.0654 e. The first-order valence-electron chi connectivity index (χ1n) is 13.3. The molecule has 1 unspecified atom stereocenters. The molecule has 0 aliphatic rings. The Morgan fingerprint density at radius 1 is 0.552 bits per heavy atom. The van der Waals surface area contributed by atoms with E-state index in [1.807, 2.05) is 0 Å². The molecule has 1 atom stereocenters. The normalized spacial score (nSPS) is 12.4. The third-order valence-electron chi connectivity index (χ3n) is 6.61. The number of hydrogen-bond acceptors (Lipinski definition) is 0. The highest BCUT2D eigenvalue weighted by Crippen LogP contribution is 2.31. The fourth-order valence-corrected chi connectivity index (χ4v) is 4.92.